The van der Waals surface area contributed by atoms with Gasteiger partial charge in [0.05, 0.1) is 23.5 Å². The summed E-state index contributed by atoms with van der Waals surface area (Å²) >= 11 is 0. The van der Waals surface area contributed by atoms with Crippen LogP contribution in [0.2, 0.25) is 0 Å². The minimum atomic E-state index is -5.42. The summed E-state index contributed by atoms with van der Waals surface area (Å²) in [6, 6.07) is 31.9. The van der Waals surface area contributed by atoms with Gasteiger partial charge in [0.1, 0.15) is 0 Å². The molecule has 0 unspecified atom stereocenters. The van der Waals surface area contributed by atoms with Gasteiger partial charge in [-0.1, -0.05) is 54.6 Å². The van der Waals surface area contributed by atoms with Gasteiger partial charge < -0.3 is 0 Å². The molecule has 0 spiro atoms. The monoisotopic (exact) mass is 663 g/mol. The van der Waals surface area contributed by atoms with Crippen LogP contribution in [-0.4, -0.2) is 9.14 Å². The summed E-state index contributed by atoms with van der Waals surface area (Å²) in [5.41, 5.74) is 6.18. The Hall–Kier alpha value is -0.692. The first-order valence-electron chi connectivity index (χ1n) is 9.91. The van der Waals surface area contributed by atoms with E-state index in [0.29, 0.717) is 0 Å². The second-order valence-corrected chi connectivity index (χ2v) is 64.1. The van der Waals surface area contributed by atoms with Crippen molar-refractivity contribution >= 4 is 73.3 Å². The van der Waals surface area contributed by atoms with Crippen molar-refractivity contribution in [3.05, 3.63) is 144 Å². The van der Waals surface area contributed by atoms with Gasteiger partial charge in [0.2, 0.25) is 0 Å². The van der Waals surface area contributed by atoms with Crippen LogP contribution in [0, 0.1) is 12.3 Å². The number of halogens is 6. The topological polar surface area (TPSA) is 0 Å². The van der Waals surface area contributed by atoms with E-state index in [-0.39, 0.29) is 0 Å². The third kappa shape index (κ3) is 10.2. The van der Waals surface area contributed by atoms with Crippen LogP contribution in [-0.2, 0) is 0 Å². The summed E-state index contributed by atoms with van der Waals surface area (Å²) in [6.45, 7) is 0. The zero-order valence-electron chi connectivity index (χ0n) is 17.3. The Morgan fingerprint density at radius 1 is 0.515 bits per heavy atom. The van der Waals surface area contributed by atoms with Crippen molar-refractivity contribution in [1.82, 2.24) is 0 Å². The maximum absolute atomic E-state index is 5.42. The van der Waals surface area contributed by atoms with Crippen LogP contribution in [0.1, 0.15) is 16.7 Å². The molecule has 0 aromatic heterocycles. The van der Waals surface area contributed by atoms with Gasteiger partial charge >= 0.3 is 62.1 Å². The molecule has 7 heteroatoms. The van der Waals surface area contributed by atoms with Crippen LogP contribution in [0.5, 0.6) is 0 Å². The quantitative estimate of drug-likeness (QED) is 0.148. The minimum absolute atomic E-state index is 1.22. The van der Waals surface area contributed by atoms with Gasteiger partial charge in [-0.3, -0.25) is 0 Å². The third-order valence-corrected chi connectivity index (χ3v) is 4.50. The van der Waals surface area contributed by atoms with Crippen molar-refractivity contribution in [2.45, 2.75) is 0 Å². The second kappa shape index (κ2) is 10.5. The molecule has 0 amide bonds. The molecule has 0 N–H and O–H groups in total. The Bertz CT molecular complexity index is 1080. The van der Waals surface area contributed by atoms with Crippen LogP contribution < -0.4 is 0 Å². The SMILES string of the molecule is [CH]1C=C[C+](C(=C(c2ccccc2)c2ccccc2)c2ccccc2)C=C1.[Cl][Sb-]([Cl])([Cl])([Cl])([Cl])[Cl]. The molecule has 0 saturated heterocycles. The fraction of sp³-hybridized carbons (Fsp3) is 0. The molecule has 0 atom stereocenters. The summed E-state index contributed by atoms with van der Waals surface area (Å²) < 4.78 is 0. The molecular formula is C26H20Cl6Sb. The number of hydrogen-bond acceptors (Lipinski definition) is 0. The summed E-state index contributed by atoms with van der Waals surface area (Å²) in [5.74, 6) is 1.22. The molecule has 33 heavy (non-hydrogen) atoms. The van der Waals surface area contributed by atoms with E-state index in [0.717, 1.165) is 0 Å². The number of hydrogen-bond donors (Lipinski definition) is 0. The zero-order valence-corrected chi connectivity index (χ0v) is 24.4. The molecular weight excluding hydrogens is 647 g/mol. The molecule has 1 radical (unpaired) electrons. The fourth-order valence-electron chi connectivity index (χ4n) is 3.33. The Morgan fingerprint density at radius 2 is 0.848 bits per heavy atom. The number of allylic oxidation sites excluding steroid dienone is 5. The predicted octanol–water partition coefficient (Wildman–Crippen LogP) is 10.3. The van der Waals surface area contributed by atoms with E-state index in [4.69, 9.17) is 53.0 Å². The average molecular weight is 667 g/mol. The molecule has 3 aromatic rings. The van der Waals surface area contributed by atoms with Crippen molar-refractivity contribution in [3.63, 3.8) is 0 Å². The first kappa shape index (κ1) is 26.9. The number of benzene rings is 3. The van der Waals surface area contributed by atoms with Gasteiger partial charge in [0.25, 0.3) is 0 Å². The Labute approximate surface area is 215 Å². The molecule has 171 valence electrons. The van der Waals surface area contributed by atoms with Gasteiger partial charge in [-0.2, -0.15) is 0 Å². The van der Waals surface area contributed by atoms with E-state index >= 15 is 0 Å². The Kier molecular flexibility index (Phi) is 8.57. The van der Waals surface area contributed by atoms with Gasteiger partial charge in [0.15, 0.2) is 0 Å². The van der Waals surface area contributed by atoms with Crippen LogP contribution in [0.15, 0.2) is 115 Å². The normalized spacial score (nSPS) is 15.0. The van der Waals surface area contributed by atoms with Gasteiger partial charge in [-0.05, 0) is 48.6 Å². The molecule has 1 aliphatic carbocycles. The molecule has 0 aliphatic heterocycles. The first-order valence-corrected chi connectivity index (χ1v) is 29.3. The van der Waals surface area contributed by atoms with Gasteiger partial charge in [0, 0.05) is 28.8 Å². The standard InChI is InChI=1S/C26H20.6ClH.Sb/c1-5-13-21(14-6-1)25(22-15-7-2-8-16-22)26(23-17-9-3-10-18-23)24-19-11-4-12-20-24;;;;;;;/h1-20H;6*1H;/q+1;;;;;;;+5/p-6. The summed E-state index contributed by atoms with van der Waals surface area (Å²) in [7, 11) is 25.0. The molecule has 0 nitrogen and oxygen atoms in total. The van der Waals surface area contributed by atoms with Gasteiger partial charge in [-0.25, -0.2) is 0 Å². The molecule has 0 saturated carbocycles. The first-order chi connectivity index (χ1) is 15.4. The van der Waals surface area contributed by atoms with Crippen molar-refractivity contribution in [2.24, 2.45) is 0 Å². The van der Waals surface area contributed by atoms with E-state index in [2.05, 4.69) is 122 Å². The average Bonchev–Trinajstić information content (AvgIpc) is 2.78. The Morgan fingerprint density at radius 3 is 1.21 bits per heavy atom. The van der Waals surface area contributed by atoms with Crippen molar-refractivity contribution < 1.29 is 0 Å². The van der Waals surface area contributed by atoms with Crippen LogP contribution in [0.3, 0.4) is 0 Å². The van der Waals surface area contributed by atoms with E-state index in [1.807, 2.05) is 0 Å². The van der Waals surface area contributed by atoms with Crippen LogP contribution >= 0.6 is 53.0 Å². The van der Waals surface area contributed by atoms with Crippen LogP contribution in [0.4, 0.5) is 0 Å². The molecule has 0 fully saturated rings. The molecule has 0 heterocycles. The van der Waals surface area contributed by atoms with Gasteiger partial charge in [-0.15, -0.1) is 0 Å². The Balaban J connectivity index is 0.000000383. The zero-order chi connectivity index (χ0) is 24.0. The summed E-state index contributed by atoms with van der Waals surface area (Å²) in [6.07, 6.45) is 10.6. The summed E-state index contributed by atoms with van der Waals surface area (Å²) in [5, 5.41) is 0. The van der Waals surface area contributed by atoms with E-state index in [9.17, 15) is 0 Å². The molecule has 0 bridgehead atoms. The van der Waals surface area contributed by atoms with E-state index in [1.165, 1.54) is 33.8 Å². The third-order valence-electron chi connectivity index (χ3n) is 4.50. The van der Waals surface area contributed by atoms with E-state index in [1.54, 1.807) is 0 Å². The maximum atomic E-state index is 5.06. The second-order valence-electron chi connectivity index (χ2n) is 7.17. The summed E-state index contributed by atoms with van der Waals surface area (Å²) in [4.78, 5) is 0. The van der Waals surface area contributed by atoms with Crippen molar-refractivity contribution in [1.29, 1.82) is 0 Å². The molecule has 4 rings (SSSR count). The number of rotatable bonds is 4. The molecule has 1 aliphatic rings. The fourth-order valence-corrected chi connectivity index (χ4v) is 3.33. The van der Waals surface area contributed by atoms with E-state index < -0.39 is 9.14 Å². The van der Waals surface area contributed by atoms with Crippen molar-refractivity contribution in [3.8, 4) is 0 Å². The predicted molar refractivity (Wildman–Crippen MR) is 152 cm³/mol. The van der Waals surface area contributed by atoms with Crippen LogP contribution in [0.25, 0.3) is 11.1 Å². The molecule has 3 aromatic carbocycles. The van der Waals surface area contributed by atoms with Crippen molar-refractivity contribution in [2.75, 3.05) is 0 Å².